The average molecular weight is 141 g/mol. The third-order valence-electron chi connectivity index (χ3n) is 1.55. The van der Waals surface area contributed by atoms with Crippen molar-refractivity contribution < 1.29 is 5.11 Å². The van der Waals surface area contributed by atoms with Gasteiger partial charge < -0.3 is 10.8 Å². The highest BCUT2D eigenvalue weighted by atomic mass is 16.3. The molecule has 0 aromatic carbocycles. The number of aliphatic hydroxyl groups excluding tert-OH is 1. The molecule has 56 valence electrons. The zero-order valence-electron chi connectivity index (χ0n) is 6.13. The minimum absolute atomic E-state index is 0.0362. The fourth-order valence-electron chi connectivity index (χ4n) is 0.915. The number of anilines is 1. The molecule has 1 heterocycles. The molecule has 0 aliphatic carbocycles. The molecule has 0 radical (unpaired) electrons. The minimum Gasteiger partial charge on any atom is -0.391 e. The maximum atomic E-state index is 8.78. The van der Waals surface area contributed by atoms with Crippen LogP contribution < -0.4 is 5.73 Å². The van der Waals surface area contributed by atoms with Gasteiger partial charge in [0.05, 0.1) is 12.3 Å². The third-order valence-corrected chi connectivity index (χ3v) is 1.55. The fraction of sp³-hybridized carbons (Fsp3) is 0.500. The number of hydrogen-bond donors (Lipinski definition) is 2. The molecule has 0 saturated carbocycles. The van der Waals surface area contributed by atoms with E-state index in [0.717, 1.165) is 11.3 Å². The molecule has 0 amide bonds. The van der Waals surface area contributed by atoms with Gasteiger partial charge in [0.1, 0.15) is 5.82 Å². The van der Waals surface area contributed by atoms with Gasteiger partial charge in [-0.05, 0) is 6.92 Å². The van der Waals surface area contributed by atoms with E-state index in [1.807, 2.05) is 6.92 Å². The molecule has 0 spiro atoms. The summed E-state index contributed by atoms with van der Waals surface area (Å²) in [6.07, 6.45) is 0. The lowest BCUT2D eigenvalue weighted by Gasteiger charge is -1.94. The number of nitrogen functional groups attached to an aromatic ring is 1. The van der Waals surface area contributed by atoms with Crippen molar-refractivity contribution in [2.75, 3.05) is 5.73 Å². The van der Waals surface area contributed by atoms with E-state index >= 15 is 0 Å². The number of aromatic nitrogens is 2. The Bertz CT molecular complexity index is 241. The van der Waals surface area contributed by atoms with Crippen molar-refractivity contribution in [2.24, 2.45) is 7.05 Å². The Labute approximate surface area is 59.3 Å². The van der Waals surface area contributed by atoms with Crippen LogP contribution in [0.1, 0.15) is 11.3 Å². The minimum atomic E-state index is -0.0362. The first-order valence-corrected chi connectivity index (χ1v) is 3.05. The highest BCUT2D eigenvalue weighted by Crippen LogP contribution is 2.13. The van der Waals surface area contributed by atoms with Gasteiger partial charge in [-0.1, -0.05) is 0 Å². The molecule has 0 saturated heterocycles. The van der Waals surface area contributed by atoms with E-state index in [0.29, 0.717) is 5.82 Å². The second-order valence-corrected chi connectivity index (χ2v) is 2.23. The monoisotopic (exact) mass is 141 g/mol. The van der Waals surface area contributed by atoms with Gasteiger partial charge in [0.25, 0.3) is 0 Å². The predicted molar refractivity (Wildman–Crippen MR) is 38.3 cm³/mol. The summed E-state index contributed by atoms with van der Waals surface area (Å²) in [7, 11) is 1.75. The second kappa shape index (κ2) is 2.30. The van der Waals surface area contributed by atoms with Crippen LogP contribution in [0.2, 0.25) is 0 Å². The number of hydrogen-bond acceptors (Lipinski definition) is 3. The van der Waals surface area contributed by atoms with Crippen LogP contribution in [-0.2, 0) is 13.7 Å². The number of aliphatic hydroxyl groups is 1. The molecule has 0 unspecified atom stereocenters. The van der Waals surface area contributed by atoms with E-state index in [2.05, 4.69) is 5.10 Å². The normalized spacial score (nSPS) is 10.3. The molecule has 1 rings (SSSR count). The van der Waals surface area contributed by atoms with Crippen LogP contribution in [0.3, 0.4) is 0 Å². The van der Waals surface area contributed by atoms with Crippen LogP contribution in [0.4, 0.5) is 5.82 Å². The molecule has 0 fully saturated rings. The topological polar surface area (TPSA) is 64.1 Å². The zero-order valence-corrected chi connectivity index (χ0v) is 6.13. The number of aryl methyl sites for hydroxylation is 2. The van der Waals surface area contributed by atoms with Crippen LogP contribution in [0.5, 0.6) is 0 Å². The molecule has 0 aliphatic rings. The maximum Gasteiger partial charge on any atom is 0.127 e. The molecular weight excluding hydrogens is 130 g/mol. The van der Waals surface area contributed by atoms with E-state index in [-0.39, 0.29) is 6.61 Å². The van der Waals surface area contributed by atoms with Crippen molar-refractivity contribution in [1.82, 2.24) is 9.78 Å². The number of nitrogens with zero attached hydrogens (tertiary/aromatic N) is 2. The van der Waals surface area contributed by atoms with Crippen molar-refractivity contribution in [1.29, 1.82) is 0 Å². The average Bonchev–Trinajstić information content (AvgIpc) is 2.09. The summed E-state index contributed by atoms with van der Waals surface area (Å²) < 4.78 is 1.56. The highest BCUT2D eigenvalue weighted by molar-refractivity contribution is 5.42. The Hall–Kier alpha value is -1.03. The summed E-state index contributed by atoms with van der Waals surface area (Å²) in [5, 5.41) is 12.8. The molecule has 0 bridgehead atoms. The van der Waals surface area contributed by atoms with Crippen molar-refractivity contribution >= 4 is 5.82 Å². The highest BCUT2D eigenvalue weighted by Gasteiger charge is 2.07. The zero-order chi connectivity index (χ0) is 7.72. The van der Waals surface area contributed by atoms with Gasteiger partial charge in [0, 0.05) is 12.6 Å². The first-order valence-electron chi connectivity index (χ1n) is 3.05. The molecular formula is C6H11N3O. The molecule has 10 heavy (non-hydrogen) atoms. The second-order valence-electron chi connectivity index (χ2n) is 2.23. The van der Waals surface area contributed by atoms with Crippen molar-refractivity contribution in [3.63, 3.8) is 0 Å². The predicted octanol–water partition coefficient (Wildman–Crippen LogP) is -0.197. The molecule has 3 N–H and O–H groups in total. The molecule has 4 nitrogen and oxygen atoms in total. The van der Waals surface area contributed by atoms with E-state index in [1.165, 1.54) is 0 Å². The number of rotatable bonds is 1. The summed E-state index contributed by atoms with van der Waals surface area (Å²) >= 11 is 0. The SMILES string of the molecule is Cc1nn(C)c(N)c1CO. The van der Waals surface area contributed by atoms with Gasteiger partial charge in [-0.3, -0.25) is 4.68 Å². The third kappa shape index (κ3) is 0.863. The van der Waals surface area contributed by atoms with Crippen LogP contribution >= 0.6 is 0 Å². The molecule has 4 heteroatoms. The van der Waals surface area contributed by atoms with Crippen molar-refractivity contribution in [2.45, 2.75) is 13.5 Å². The van der Waals surface area contributed by atoms with Gasteiger partial charge in [-0.15, -0.1) is 0 Å². The Balaban J connectivity index is 3.20. The summed E-state index contributed by atoms with van der Waals surface area (Å²) in [5.74, 6) is 0.542. The van der Waals surface area contributed by atoms with Crippen LogP contribution in [0.25, 0.3) is 0 Å². The Morgan fingerprint density at radius 2 is 2.30 bits per heavy atom. The summed E-state index contributed by atoms with van der Waals surface area (Å²) in [6.45, 7) is 1.79. The van der Waals surface area contributed by atoms with Gasteiger partial charge in [-0.2, -0.15) is 5.10 Å². The summed E-state index contributed by atoms with van der Waals surface area (Å²) in [6, 6.07) is 0. The van der Waals surface area contributed by atoms with Crippen LogP contribution in [-0.4, -0.2) is 14.9 Å². The quantitative estimate of drug-likeness (QED) is 0.569. The first kappa shape index (κ1) is 7.08. The summed E-state index contributed by atoms with van der Waals surface area (Å²) in [4.78, 5) is 0. The van der Waals surface area contributed by atoms with Gasteiger partial charge in [-0.25, -0.2) is 0 Å². The van der Waals surface area contributed by atoms with Crippen molar-refractivity contribution in [3.05, 3.63) is 11.3 Å². The lowest BCUT2D eigenvalue weighted by molar-refractivity contribution is 0.281. The van der Waals surface area contributed by atoms with Gasteiger partial charge in [0.15, 0.2) is 0 Å². The maximum absolute atomic E-state index is 8.78. The fourth-order valence-corrected chi connectivity index (χ4v) is 0.915. The van der Waals surface area contributed by atoms with E-state index in [1.54, 1.807) is 11.7 Å². The van der Waals surface area contributed by atoms with Crippen LogP contribution in [0.15, 0.2) is 0 Å². The number of nitrogens with two attached hydrogens (primary N) is 1. The van der Waals surface area contributed by atoms with Crippen molar-refractivity contribution in [3.8, 4) is 0 Å². The lowest BCUT2D eigenvalue weighted by atomic mass is 10.2. The van der Waals surface area contributed by atoms with E-state index in [4.69, 9.17) is 10.8 Å². The van der Waals surface area contributed by atoms with Gasteiger partial charge in [0.2, 0.25) is 0 Å². The Morgan fingerprint density at radius 1 is 1.70 bits per heavy atom. The molecule has 0 atom stereocenters. The lowest BCUT2D eigenvalue weighted by Crippen LogP contribution is -1.99. The van der Waals surface area contributed by atoms with E-state index < -0.39 is 0 Å². The smallest absolute Gasteiger partial charge is 0.127 e. The Morgan fingerprint density at radius 3 is 2.50 bits per heavy atom. The molecule has 1 aromatic heterocycles. The van der Waals surface area contributed by atoms with E-state index in [9.17, 15) is 0 Å². The standard InChI is InChI=1S/C6H11N3O/c1-4-5(3-10)6(7)9(2)8-4/h10H,3,7H2,1-2H3. The summed E-state index contributed by atoms with van der Waals surface area (Å²) in [5.41, 5.74) is 7.07. The molecule has 0 aliphatic heterocycles. The van der Waals surface area contributed by atoms with Crippen LogP contribution in [0, 0.1) is 6.92 Å². The first-order chi connectivity index (χ1) is 4.66. The molecule has 1 aromatic rings. The van der Waals surface area contributed by atoms with Gasteiger partial charge >= 0.3 is 0 Å². The Kier molecular flexibility index (Phi) is 1.63. The largest absolute Gasteiger partial charge is 0.391 e.